The van der Waals surface area contributed by atoms with E-state index < -0.39 is 9.84 Å². The fourth-order valence-corrected chi connectivity index (χ4v) is 4.73. The van der Waals surface area contributed by atoms with Crippen LogP contribution in [0.5, 0.6) is 0 Å². The summed E-state index contributed by atoms with van der Waals surface area (Å²) in [5.74, 6) is 0. The Balaban J connectivity index is 0.00000192. The zero-order valence-corrected chi connectivity index (χ0v) is 14.8. The van der Waals surface area contributed by atoms with Gasteiger partial charge in [0.15, 0.2) is 0 Å². The molecule has 0 aliphatic rings. The van der Waals surface area contributed by atoms with Gasteiger partial charge in [0.25, 0.3) is 0 Å². The van der Waals surface area contributed by atoms with Crippen molar-refractivity contribution in [2.75, 3.05) is 12.4 Å². The predicted molar refractivity (Wildman–Crippen MR) is 98.4 cm³/mol. The van der Waals surface area contributed by atoms with Gasteiger partial charge in [0.2, 0.25) is 9.84 Å². The van der Waals surface area contributed by atoms with Crippen LogP contribution in [-0.2, 0) is 9.84 Å². The van der Waals surface area contributed by atoms with Gasteiger partial charge in [-0.15, -0.1) is 23.7 Å². The van der Waals surface area contributed by atoms with Crippen LogP contribution in [0.3, 0.4) is 0 Å². The molecular weight excluding hydrogens is 350 g/mol. The minimum Gasteiger partial charge on any atom is -0.380 e. The molecule has 23 heavy (non-hydrogen) atoms. The Morgan fingerprint density at radius 3 is 2.00 bits per heavy atom. The highest BCUT2D eigenvalue weighted by Crippen LogP contribution is 2.31. The van der Waals surface area contributed by atoms with Crippen molar-refractivity contribution in [3.8, 4) is 11.1 Å². The van der Waals surface area contributed by atoms with E-state index in [-0.39, 0.29) is 12.4 Å². The molecule has 6 heteroatoms. The molecule has 0 saturated heterocycles. The van der Waals surface area contributed by atoms with E-state index in [1.165, 1.54) is 11.3 Å². The third-order valence-electron chi connectivity index (χ3n) is 3.36. The Morgan fingerprint density at radius 1 is 0.826 bits per heavy atom. The van der Waals surface area contributed by atoms with Crippen molar-refractivity contribution in [1.29, 1.82) is 0 Å². The van der Waals surface area contributed by atoms with Gasteiger partial charge in [0.1, 0.15) is 4.21 Å². The van der Waals surface area contributed by atoms with E-state index in [0.717, 1.165) is 16.1 Å². The van der Waals surface area contributed by atoms with Gasteiger partial charge in [-0.05, 0) is 35.4 Å². The van der Waals surface area contributed by atoms with Crippen LogP contribution in [0.25, 0.3) is 11.1 Å². The monoisotopic (exact) mass is 365 g/mol. The van der Waals surface area contributed by atoms with E-state index in [2.05, 4.69) is 5.32 Å². The molecule has 0 radical (unpaired) electrons. The first-order chi connectivity index (χ1) is 10.6. The number of rotatable bonds is 4. The summed E-state index contributed by atoms with van der Waals surface area (Å²) >= 11 is 1.24. The van der Waals surface area contributed by atoms with Crippen LogP contribution in [-0.4, -0.2) is 15.5 Å². The quantitative estimate of drug-likeness (QED) is 0.728. The minimum atomic E-state index is -3.45. The highest BCUT2D eigenvalue weighted by atomic mass is 35.5. The third-order valence-corrected chi connectivity index (χ3v) is 6.73. The maximum atomic E-state index is 12.6. The molecule has 120 valence electrons. The Labute approximate surface area is 146 Å². The van der Waals surface area contributed by atoms with Gasteiger partial charge < -0.3 is 5.32 Å². The normalized spacial score (nSPS) is 10.8. The number of nitrogens with one attached hydrogen (secondary N) is 1. The van der Waals surface area contributed by atoms with Gasteiger partial charge in [0.05, 0.1) is 9.90 Å². The molecule has 0 fully saturated rings. The number of halogens is 1. The highest BCUT2D eigenvalue weighted by Gasteiger charge is 2.19. The molecule has 3 aromatic rings. The summed E-state index contributed by atoms with van der Waals surface area (Å²) in [7, 11) is -1.67. The molecule has 0 bridgehead atoms. The lowest BCUT2D eigenvalue weighted by Crippen LogP contribution is -1.99. The number of sulfone groups is 1. The van der Waals surface area contributed by atoms with Crippen molar-refractivity contribution < 1.29 is 8.42 Å². The molecule has 3 nitrogen and oxygen atoms in total. The Morgan fingerprint density at radius 2 is 1.43 bits per heavy atom. The van der Waals surface area contributed by atoms with Crippen LogP contribution in [0.1, 0.15) is 0 Å². The Bertz CT molecular complexity index is 872. The summed E-state index contributed by atoms with van der Waals surface area (Å²) in [6.07, 6.45) is 0. The van der Waals surface area contributed by atoms with E-state index in [4.69, 9.17) is 0 Å². The van der Waals surface area contributed by atoms with Crippen LogP contribution in [0.15, 0.2) is 75.8 Å². The van der Waals surface area contributed by atoms with Crippen LogP contribution >= 0.6 is 23.7 Å². The second-order valence-corrected chi connectivity index (χ2v) is 8.02. The summed E-state index contributed by atoms with van der Waals surface area (Å²) in [5, 5.41) is 3.79. The molecule has 0 unspecified atom stereocenters. The second-order valence-electron chi connectivity index (χ2n) is 4.76. The lowest BCUT2D eigenvalue weighted by atomic mass is 10.1. The number of thiophene rings is 1. The van der Waals surface area contributed by atoms with Crippen molar-refractivity contribution in [1.82, 2.24) is 0 Å². The molecule has 0 spiro atoms. The van der Waals surface area contributed by atoms with Crippen molar-refractivity contribution in [3.63, 3.8) is 0 Å². The summed E-state index contributed by atoms with van der Waals surface area (Å²) in [5.41, 5.74) is 2.07. The lowest BCUT2D eigenvalue weighted by Gasteiger charge is -2.05. The third kappa shape index (κ3) is 3.58. The SMILES string of the molecule is CNc1ccc(S(=O)(=O)c2ccc(-c3ccccc3)cc2)s1.Cl. The smallest absolute Gasteiger partial charge is 0.216 e. The first-order valence-electron chi connectivity index (χ1n) is 6.79. The molecule has 0 aliphatic heterocycles. The number of hydrogen-bond acceptors (Lipinski definition) is 4. The van der Waals surface area contributed by atoms with Gasteiger partial charge in [-0.3, -0.25) is 0 Å². The predicted octanol–water partition coefficient (Wildman–Crippen LogP) is 4.71. The van der Waals surface area contributed by atoms with Gasteiger partial charge >= 0.3 is 0 Å². The van der Waals surface area contributed by atoms with Gasteiger partial charge in [-0.2, -0.15) is 0 Å². The fourth-order valence-electron chi connectivity index (χ4n) is 2.17. The average molecular weight is 366 g/mol. The number of hydrogen-bond donors (Lipinski definition) is 1. The zero-order valence-electron chi connectivity index (χ0n) is 12.4. The molecule has 0 saturated carbocycles. The van der Waals surface area contributed by atoms with E-state index in [1.54, 1.807) is 31.3 Å². The molecule has 0 atom stereocenters. The van der Waals surface area contributed by atoms with Crippen LogP contribution in [0, 0.1) is 0 Å². The van der Waals surface area contributed by atoms with E-state index in [0.29, 0.717) is 9.10 Å². The summed E-state index contributed by atoms with van der Waals surface area (Å²) in [6, 6.07) is 20.3. The topological polar surface area (TPSA) is 46.2 Å². The van der Waals surface area contributed by atoms with E-state index in [1.807, 2.05) is 42.5 Å². The highest BCUT2D eigenvalue weighted by molar-refractivity contribution is 7.93. The first-order valence-corrected chi connectivity index (χ1v) is 9.09. The van der Waals surface area contributed by atoms with Crippen molar-refractivity contribution in [3.05, 3.63) is 66.7 Å². The molecule has 1 N–H and O–H groups in total. The second kappa shape index (κ2) is 7.17. The molecule has 1 heterocycles. The maximum Gasteiger partial charge on any atom is 0.216 e. The Hall–Kier alpha value is -1.82. The Kier molecular flexibility index (Phi) is 5.46. The first kappa shape index (κ1) is 17.5. The maximum absolute atomic E-state index is 12.6. The molecule has 2 aromatic carbocycles. The van der Waals surface area contributed by atoms with Crippen LogP contribution in [0.4, 0.5) is 5.00 Å². The lowest BCUT2D eigenvalue weighted by molar-refractivity contribution is 0.598. The molecule has 3 rings (SSSR count). The number of anilines is 1. The molecule has 1 aromatic heterocycles. The molecule has 0 aliphatic carbocycles. The van der Waals surface area contributed by atoms with Gasteiger partial charge in [-0.1, -0.05) is 42.5 Å². The molecule has 0 amide bonds. The van der Waals surface area contributed by atoms with Crippen molar-refractivity contribution in [2.45, 2.75) is 9.10 Å². The van der Waals surface area contributed by atoms with Crippen LogP contribution < -0.4 is 5.32 Å². The van der Waals surface area contributed by atoms with Gasteiger partial charge in [-0.25, -0.2) is 8.42 Å². The van der Waals surface area contributed by atoms with Gasteiger partial charge in [0, 0.05) is 7.05 Å². The summed E-state index contributed by atoms with van der Waals surface area (Å²) < 4.78 is 25.5. The molecular formula is C17H16ClNO2S2. The largest absolute Gasteiger partial charge is 0.380 e. The number of benzene rings is 2. The average Bonchev–Trinajstić information content (AvgIpc) is 3.06. The minimum absolute atomic E-state index is 0. The summed E-state index contributed by atoms with van der Waals surface area (Å²) in [4.78, 5) is 0.316. The standard InChI is InChI=1S/C17H15NO2S2.ClH/c1-18-16-11-12-17(21-16)22(19,20)15-9-7-14(8-10-15)13-5-3-2-4-6-13;/h2-12,18H,1H3;1H. The van der Waals surface area contributed by atoms with E-state index in [9.17, 15) is 8.42 Å². The zero-order chi connectivity index (χ0) is 15.6. The summed E-state index contributed by atoms with van der Waals surface area (Å²) in [6.45, 7) is 0. The van der Waals surface area contributed by atoms with Crippen molar-refractivity contribution in [2.24, 2.45) is 0 Å². The van der Waals surface area contributed by atoms with E-state index >= 15 is 0 Å². The fraction of sp³-hybridized carbons (Fsp3) is 0.0588. The van der Waals surface area contributed by atoms with Crippen molar-refractivity contribution >= 4 is 38.6 Å². The van der Waals surface area contributed by atoms with Crippen LogP contribution in [0.2, 0.25) is 0 Å².